The zero-order chi connectivity index (χ0) is 10.8. The van der Waals surface area contributed by atoms with Gasteiger partial charge in [0.15, 0.2) is 5.82 Å². The minimum Gasteiger partial charge on any atom is -0.334 e. The Morgan fingerprint density at radius 1 is 1.47 bits per heavy atom. The summed E-state index contributed by atoms with van der Waals surface area (Å²) in [7, 11) is 1.97. The Kier molecular flexibility index (Phi) is 2.49. The van der Waals surface area contributed by atoms with Crippen LogP contribution in [-0.2, 0) is 7.05 Å². The second-order valence-electron chi connectivity index (χ2n) is 3.59. The van der Waals surface area contributed by atoms with E-state index in [4.69, 9.17) is 0 Å². The number of hydrogen-bond acceptors (Lipinski definition) is 3. The molecule has 2 rings (SSSR count). The van der Waals surface area contributed by atoms with E-state index in [1.54, 1.807) is 12.5 Å². The molecule has 0 saturated heterocycles. The highest BCUT2D eigenvalue weighted by Gasteiger charge is 2.01. The van der Waals surface area contributed by atoms with Gasteiger partial charge in [0.2, 0.25) is 0 Å². The number of aryl methyl sites for hydroxylation is 1. The van der Waals surface area contributed by atoms with Crippen LogP contribution in [0.2, 0.25) is 0 Å². The molecule has 2 aromatic rings. The molecule has 15 heavy (non-hydrogen) atoms. The topological polar surface area (TPSA) is 43.1 Å². The Morgan fingerprint density at radius 3 is 3.00 bits per heavy atom. The van der Waals surface area contributed by atoms with Crippen LogP contribution in [-0.4, -0.2) is 20.2 Å². The third-order valence-electron chi connectivity index (χ3n) is 2.41. The van der Waals surface area contributed by atoms with Crippen molar-refractivity contribution in [2.24, 2.45) is 12.0 Å². The third kappa shape index (κ3) is 1.88. The predicted molar refractivity (Wildman–Crippen MR) is 61.6 cm³/mol. The maximum Gasteiger partial charge on any atom is 0.153 e. The number of rotatable bonds is 2. The summed E-state index contributed by atoms with van der Waals surface area (Å²) in [6.45, 7) is 4.09. The number of fused-ring (bicyclic) bond motifs is 1. The lowest BCUT2D eigenvalue weighted by molar-refractivity contribution is 0.947. The molecule has 0 spiro atoms. The summed E-state index contributed by atoms with van der Waals surface area (Å²) >= 11 is 0. The van der Waals surface area contributed by atoms with Crippen molar-refractivity contribution in [2.75, 3.05) is 0 Å². The molecule has 0 aliphatic rings. The van der Waals surface area contributed by atoms with Crippen LogP contribution in [0.4, 0.5) is 5.82 Å². The van der Waals surface area contributed by atoms with E-state index in [1.807, 2.05) is 24.6 Å². The van der Waals surface area contributed by atoms with Gasteiger partial charge in [0.1, 0.15) is 5.52 Å². The summed E-state index contributed by atoms with van der Waals surface area (Å²) in [5.74, 6) is 0.755. The molecule has 0 N–H and O–H groups in total. The lowest BCUT2D eigenvalue weighted by atomic mass is 10.3. The molecule has 0 aliphatic carbocycles. The van der Waals surface area contributed by atoms with Crippen molar-refractivity contribution in [2.45, 2.75) is 20.3 Å². The quantitative estimate of drug-likeness (QED) is 0.702. The van der Waals surface area contributed by atoms with Crippen LogP contribution in [0.5, 0.6) is 0 Å². The van der Waals surface area contributed by atoms with Crippen molar-refractivity contribution in [3.05, 3.63) is 18.6 Å². The van der Waals surface area contributed by atoms with Crippen molar-refractivity contribution in [1.82, 2.24) is 14.5 Å². The smallest absolute Gasteiger partial charge is 0.153 e. The lowest BCUT2D eigenvalue weighted by Crippen LogP contribution is -1.88. The average molecular weight is 202 g/mol. The second-order valence-corrected chi connectivity index (χ2v) is 3.59. The molecule has 0 bridgehead atoms. The molecule has 0 fully saturated rings. The number of aliphatic imine (C=N–C) groups is 1. The Bertz CT molecular complexity index is 510. The first-order valence-corrected chi connectivity index (χ1v) is 5.02. The number of hydrogen-bond donors (Lipinski definition) is 0. The molecule has 78 valence electrons. The number of aromatic nitrogens is 3. The summed E-state index contributed by atoms with van der Waals surface area (Å²) in [4.78, 5) is 12.9. The van der Waals surface area contributed by atoms with Crippen molar-refractivity contribution >= 4 is 22.6 Å². The number of imidazole rings is 1. The molecule has 0 unspecified atom stereocenters. The van der Waals surface area contributed by atoms with Gasteiger partial charge in [-0.15, -0.1) is 0 Å². The van der Waals surface area contributed by atoms with Gasteiger partial charge < -0.3 is 4.57 Å². The minimum absolute atomic E-state index is 0.755. The summed E-state index contributed by atoms with van der Waals surface area (Å²) in [6, 6.07) is 1.96. The fourth-order valence-corrected chi connectivity index (χ4v) is 1.36. The first kappa shape index (κ1) is 9.83. The van der Waals surface area contributed by atoms with E-state index in [9.17, 15) is 0 Å². The van der Waals surface area contributed by atoms with E-state index in [0.29, 0.717) is 0 Å². The largest absolute Gasteiger partial charge is 0.334 e. The Labute approximate surface area is 88.7 Å². The van der Waals surface area contributed by atoms with Crippen molar-refractivity contribution in [3.8, 4) is 0 Å². The Morgan fingerprint density at radius 2 is 2.27 bits per heavy atom. The Hall–Kier alpha value is -1.71. The summed E-state index contributed by atoms with van der Waals surface area (Å²) in [5.41, 5.74) is 3.06. The maximum atomic E-state index is 4.41. The fourth-order valence-electron chi connectivity index (χ4n) is 1.36. The zero-order valence-corrected chi connectivity index (χ0v) is 9.23. The SMILES string of the molecule is CCC(C)=Nc1cc2c(cn1)ncn2C. The van der Waals surface area contributed by atoms with E-state index < -0.39 is 0 Å². The third-order valence-corrected chi connectivity index (χ3v) is 2.41. The molecule has 2 aromatic heterocycles. The molecule has 4 nitrogen and oxygen atoms in total. The molecule has 2 heterocycles. The number of nitrogens with zero attached hydrogens (tertiary/aromatic N) is 4. The maximum absolute atomic E-state index is 4.41. The summed E-state index contributed by atoms with van der Waals surface area (Å²) < 4.78 is 1.97. The molecule has 0 amide bonds. The van der Waals surface area contributed by atoms with Crippen LogP contribution in [0.15, 0.2) is 23.6 Å². The summed E-state index contributed by atoms with van der Waals surface area (Å²) in [6.07, 6.45) is 4.49. The van der Waals surface area contributed by atoms with Gasteiger partial charge >= 0.3 is 0 Å². The monoisotopic (exact) mass is 202 g/mol. The van der Waals surface area contributed by atoms with Gasteiger partial charge in [-0.25, -0.2) is 15.0 Å². The van der Waals surface area contributed by atoms with Crippen molar-refractivity contribution in [1.29, 1.82) is 0 Å². The van der Waals surface area contributed by atoms with E-state index in [2.05, 4.69) is 21.9 Å². The van der Waals surface area contributed by atoms with Crippen LogP contribution >= 0.6 is 0 Å². The van der Waals surface area contributed by atoms with Gasteiger partial charge in [0, 0.05) is 18.8 Å². The van der Waals surface area contributed by atoms with Crippen molar-refractivity contribution < 1.29 is 0 Å². The first-order valence-electron chi connectivity index (χ1n) is 5.02. The van der Waals surface area contributed by atoms with Crippen molar-refractivity contribution in [3.63, 3.8) is 0 Å². The Balaban J connectivity index is 2.50. The predicted octanol–water partition coefficient (Wildman–Crippen LogP) is 2.47. The highest BCUT2D eigenvalue weighted by atomic mass is 15.0. The average Bonchev–Trinajstić information content (AvgIpc) is 2.60. The molecular weight excluding hydrogens is 188 g/mol. The van der Waals surface area contributed by atoms with E-state index in [1.165, 1.54) is 0 Å². The van der Waals surface area contributed by atoms with Gasteiger partial charge in [0.05, 0.1) is 18.0 Å². The fraction of sp³-hybridized carbons (Fsp3) is 0.364. The van der Waals surface area contributed by atoms with Crippen LogP contribution < -0.4 is 0 Å². The number of pyridine rings is 1. The van der Waals surface area contributed by atoms with Gasteiger partial charge in [-0.2, -0.15) is 0 Å². The van der Waals surface area contributed by atoms with Gasteiger partial charge in [-0.3, -0.25) is 0 Å². The first-order chi connectivity index (χ1) is 7.20. The molecular formula is C11H14N4. The molecule has 0 aliphatic heterocycles. The lowest BCUT2D eigenvalue weighted by Gasteiger charge is -1.98. The minimum atomic E-state index is 0.755. The highest BCUT2D eigenvalue weighted by Crippen LogP contribution is 2.16. The van der Waals surface area contributed by atoms with E-state index in [0.717, 1.165) is 29.0 Å². The molecule has 0 radical (unpaired) electrons. The standard InChI is InChI=1S/C11H14N4/c1-4-8(2)14-11-5-10-9(6-12-11)13-7-15(10)3/h5-7H,4H2,1-3H3. The van der Waals surface area contributed by atoms with Crippen LogP contribution in [0.25, 0.3) is 11.0 Å². The molecule has 0 atom stereocenters. The molecule has 0 saturated carbocycles. The molecule has 0 aromatic carbocycles. The zero-order valence-electron chi connectivity index (χ0n) is 9.23. The summed E-state index contributed by atoms with van der Waals surface area (Å²) in [5, 5.41) is 0. The van der Waals surface area contributed by atoms with Crippen LogP contribution in [0.3, 0.4) is 0 Å². The van der Waals surface area contributed by atoms with Gasteiger partial charge in [-0.1, -0.05) is 6.92 Å². The highest BCUT2D eigenvalue weighted by molar-refractivity contribution is 5.85. The van der Waals surface area contributed by atoms with Crippen LogP contribution in [0, 0.1) is 0 Å². The molecule has 4 heteroatoms. The van der Waals surface area contributed by atoms with Crippen LogP contribution in [0.1, 0.15) is 20.3 Å². The van der Waals surface area contributed by atoms with Gasteiger partial charge in [0.25, 0.3) is 0 Å². The van der Waals surface area contributed by atoms with Gasteiger partial charge in [-0.05, 0) is 13.3 Å². The second kappa shape index (κ2) is 3.81. The normalized spacial score (nSPS) is 12.3. The van der Waals surface area contributed by atoms with E-state index in [-0.39, 0.29) is 0 Å². The van der Waals surface area contributed by atoms with E-state index >= 15 is 0 Å².